The van der Waals surface area contributed by atoms with Gasteiger partial charge in [0.05, 0.1) is 19.1 Å². The third kappa shape index (κ3) is 3.86. The Balaban J connectivity index is 1.79. The third-order valence-corrected chi connectivity index (χ3v) is 7.31. The van der Waals surface area contributed by atoms with Gasteiger partial charge in [-0.15, -0.1) is 11.3 Å². The predicted octanol–water partition coefficient (Wildman–Crippen LogP) is 0.848. The van der Waals surface area contributed by atoms with Crippen LogP contribution in [-0.4, -0.2) is 73.5 Å². The lowest BCUT2D eigenvalue weighted by Crippen LogP contribution is -2.46. The molecule has 1 amide bonds. The quantitative estimate of drug-likeness (QED) is 0.802. The molecule has 0 aliphatic carbocycles. The van der Waals surface area contributed by atoms with Crippen LogP contribution in [0.2, 0.25) is 0 Å². The summed E-state index contributed by atoms with van der Waals surface area (Å²) < 4.78 is 32.3. The van der Waals surface area contributed by atoms with Gasteiger partial charge in [0.1, 0.15) is 9.77 Å². The van der Waals surface area contributed by atoms with E-state index >= 15 is 0 Å². The summed E-state index contributed by atoms with van der Waals surface area (Å²) in [6.07, 6.45) is 0.890. The van der Waals surface area contributed by atoms with Crippen LogP contribution in [0.15, 0.2) is 16.3 Å². The molecule has 0 saturated carbocycles. The number of thiophene rings is 1. The lowest BCUT2D eigenvalue weighted by atomic mass is 10.2. The number of nitrogens with zero attached hydrogens (tertiary/aromatic N) is 2. The molecule has 3 heterocycles. The minimum Gasteiger partial charge on any atom is -0.481 e. The fourth-order valence-electron chi connectivity index (χ4n) is 3.09. The number of carboxylic acids is 1. The molecule has 0 aromatic carbocycles. The van der Waals surface area contributed by atoms with Gasteiger partial charge >= 0.3 is 5.97 Å². The fraction of sp³-hybridized carbons (Fsp3) is 0.600. The summed E-state index contributed by atoms with van der Waals surface area (Å²) in [5, 5.41) is 10.5. The maximum atomic E-state index is 12.8. The summed E-state index contributed by atoms with van der Waals surface area (Å²) in [5.74, 6) is -1.38. The monoisotopic (exact) mass is 388 g/mol. The van der Waals surface area contributed by atoms with Crippen molar-refractivity contribution in [3.8, 4) is 0 Å². The molecule has 0 radical (unpaired) electrons. The van der Waals surface area contributed by atoms with Gasteiger partial charge in [-0.05, 0) is 24.3 Å². The summed E-state index contributed by atoms with van der Waals surface area (Å²) in [6.45, 7) is 1.65. The first-order valence-corrected chi connectivity index (χ1v) is 10.4. The molecule has 138 valence electrons. The number of carbonyl (C=O) groups excluding carboxylic acids is 1. The number of carbonyl (C=O) groups is 2. The van der Waals surface area contributed by atoms with Crippen LogP contribution >= 0.6 is 11.3 Å². The number of morpholine rings is 1. The van der Waals surface area contributed by atoms with E-state index in [0.717, 1.165) is 24.2 Å². The summed E-state index contributed by atoms with van der Waals surface area (Å²) in [4.78, 5) is 25.4. The molecule has 3 rings (SSSR count). The van der Waals surface area contributed by atoms with Crippen LogP contribution in [0.4, 0.5) is 0 Å². The van der Waals surface area contributed by atoms with Crippen molar-refractivity contribution in [3.05, 3.63) is 16.3 Å². The van der Waals surface area contributed by atoms with Crippen LogP contribution in [0.1, 0.15) is 28.9 Å². The second-order valence-corrected chi connectivity index (χ2v) is 8.89. The lowest BCUT2D eigenvalue weighted by molar-refractivity contribution is -0.141. The molecule has 1 N–H and O–H groups in total. The van der Waals surface area contributed by atoms with Crippen molar-refractivity contribution in [1.29, 1.82) is 0 Å². The van der Waals surface area contributed by atoms with E-state index in [1.807, 2.05) is 0 Å². The Morgan fingerprint density at radius 1 is 1.28 bits per heavy atom. The molecule has 1 aromatic heterocycles. The highest BCUT2D eigenvalue weighted by atomic mass is 32.2. The maximum absolute atomic E-state index is 12.8. The zero-order valence-corrected chi connectivity index (χ0v) is 15.2. The van der Waals surface area contributed by atoms with Gasteiger partial charge in [0.15, 0.2) is 0 Å². The van der Waals surface area contributed by atoms with Gasteiger partial charge in [0, 0.05) is 26.2 Å². The van der Waals surface area contributed by atoms with Gasteiger partial charge in [-0.1, -0.05) is 0 Å². The molecule has 2 aliphatic rings. The smallest absolute Gasteiger partial charge is 0.306 e. The average Bonchev–Trinajstić information content (AvgIpc) is 3.25. The molecule has 2 fully saturated rings. The summed E-state index contributed by atoms with van der Waals surface area (Å²) in [6, 6.07) is 1.47. The predicted molar refractivity (Wildman–Crippen MR) is 90.2 cm³/mol. The van der Waals surface area contributed by atoms with E-state index in [-0.39, 0.29) is 35.3 Å². The number of rotatable bonds is 5. The van der Waals surface area contributed by atoms with E-state index in [0.29, 0.717) is 19.6 Å². The molecule has 25 heavy (non-hydrogen) atoms. The Bertz CT molecular complexity index is 754. The summed E-state index contributed by atoms with van der Waals surface area (Å²) >= 11 is 1.10. The largest absolute Gasteiger partial charge is 0.481 e. The van der Waals surface area contributed by atoms with E-state index in [2.05, 4.69) is 0 Å². The summed E-state index contributed by atoms with van der Waals surface area (Å²) in [7, 11) is -3.67. The zero-order chi connectivity index (χ0) is 18.0. The molecule has 10 heteroatoms. The number of amides is 1. The van der Waals surface area contributed by atoms with Gasteiger partial charge in [0.25, 0.3) is 5.91 Å². The van der Waals surface area contributed by atoms with E-state index in [1.165, 1.54) is 15.3 Å². The SMILES string of the molecule is O=C(O)CC1CN(C(=O)c2sccc2S(=O)(=O)N2CCCC2)CCO1. The van der Waals surface area contributed by atoms with Crippen molar-refractivity contribution in [3.63, 3.8) is 0 Å². The Labute approximate surface area is 150 Å². The van der Waals surface area contributed by atoms with Crippen LogP contribution < -0.4 is 0 Å². The van der Waals surface area contributed by atoms with Gasteiger partial charge in [-0.3, -0.25) is 9.59 Å². The van der Waals surface area contributed by atoms with Crippen molar-refractivity contribution >= 4 is 33.2 Å². The average molecular weight is 388 g/mol. The molecule has 1 aromatic rings. The van der Waals surface area contributed by atoms with Gasteiger partial charge in [-0.2, -0.15) is 4.31 Å². The summed E-state index contributed by atoms with van der Waals surface area (Å²) in [5.41, 5.74) is 0. The van der Waals surface area contributed by atoms with Gasteiger partial charge < -0.3 is 14.7 Å². The highest BCUT2D eigenvalue weighted by molar-refractivity contribution is 7.89. The van der Waals surface area contributed by atoms with E-state index in [9.17, 15) is 18.0 Å². The molecule has 1 atom stereocenters. The Hall–Kier alpha value is -1.49. The molecule has 1 unspecified atom stereocenters. The van der Waals surface area contributed by atoms with Crippen molar-refractivity contribution in [2.75, 3.05) is 32.8 Å². The van der Waals surface area contributed by atoms with Crippen LogP contribution in [-0.2, 0) is 19.6 Å². The topological polar surface area (TPSA) is 104 Å². The Kier molecular flexibility index (Phi) is 5.42. The van der Waals surface area contributed by atoms with Gasteiger partial charge in [-0.25, -0.2) is 8.42 Å². The second kappa shape index (κ2) is 7.40. The third-order valence-electron chi connectivity index (χ3n) is 4.33. The lowest BCUT2D eigenvalue weighted by Gasteiger charge is -2.32. The first kappa shape index (κ1) is 18.3. The first-order valence-electron chi connectivity index (χ1n) is 8.10. The molecule has 0 spiro atoms. The Morgan fingerprint density at radius 2 is 2.00 bits per heavy atom. The standard InChI is InChI=1S/C15H20N2O6S2/c18-13(19)9-11-10-16(6-7-23-11)15(20)14-12(3-8-24-14)25(21,22)17-4-1-2-5-17/h3,8,11H,1-2,4-7,9-10H2,(H,18,19). The molecule has 2 saturated heterocycles. The highest BCUT2D eigenvalue weighted by Crippen LogP contribution is 2.29. The molecular formula is C15H20N2O6S2. The van der Waals surface area contributed by atoms with Crippen LogP contribution in [0.3, 0.4) is 0 Å². The van der Waals surface area contributed by atoms with Crippen molar-refractivity contribution in [2.45, 2.75) is 30.3 Å². The second-order valence-electron chi connectivity index (χ2n) is 6.07. The van der Waals surface area contributed by atoms with Crippen LogP contribution in [0, 0.1) is 0 Å². The van der Waals surface area contributed by atoms with Crippen molar-refractivity contribution < 1.29 is 27.9 Å². The number of sulfonamides is 1. The highest BCUT2D eigenvalue weighted by Gasteiger charge is 2.34. The van der Waals surface area contributed by atoms with Crippen LogP contribution in [0.5, 0.6) is 0 Å². The number of ether oxygens (including phenoxy) is 1. The van der Waals surface area contributed by atoms with Gasteiger partial charge in [0.2, 0.25) is 10.0 Å². The van der Waals surface area contributed by atoms with E-state index < -0.39 is 22.1 Å². The maximum Gasteiger partial charge on any atom is 0.306 e. The first-order chi connectivity index (χ1) is 11.9. The molecular weight excluding hydrogens is 368 g/mol. The number of hydrogen-bond donors (Lipinski definition) is 1. The van der Waals surface area contributed by atoms with Crippen molar-refractivity contribution in [2.24, 2.45) is 0 Å². The fourth-order valence-corrected chi connectivity index (χ4v) is 5.97. The number of aliphatic carboxylic acids is 1. The van der Waals surface area contributed by atoms with Crippen LogP contribution in [0.25, 0.3) is 0 Å². The number of carboxylic acid groups (broad SMARTS) is 1. The normalized spacial score (nSPS) is 22.2. The minimum atomic E-state index is -3.67. The minimum absolute atomic E-state index is 0.0469. The molecule has 2 aliphatic heterocycles. The van der Waals surface area contributed by atoms with E-state index in [4.69, 9.17) is 9.84 Å². The van der Waals surface area contributed by atoms with Crippen molar-refractivity contribution in [1.82, 2.24) is 9.21 Å². The zero-order valence-electron chi connectivity index (χ0n) is 13.6. The molecule has 8 nitrogen and oxygen atoms in total. The number of hydrogen-bond acceptors (Lipinski definition) is 6. The molecule has 0 bridgehead atoms. The Morgan fingerprint density at radius 3 is 2.68 bits per heavy atom. The van der Waals surface area contributed by atoms with E-state index in [1.54, 1.807) is 5.38 Å².